The Morgan fingerprint density at radius 2 is 1.70 bits per heavy atom. The first-order valence-electron chi connectivity index (χ1n) is 13.1. The van der Waals surface area contributed by atoms with Gasteiger partial charge in [0.1, 0.15) is 28.2 Å². The molecule has 12 heteroatoms. The average Bonchev–Trinajstić information content (AvgIpc) is 3.58. The molecule has 10 nitrogen and oxygen atoms in total. The number of carbonyl (C=O) groups excluding carboxylic acids is 1. The molecule has 0 aliphatic heterocycles. The number of para-hydroxylation sites is 2. The number of amides is 1. The summed E-state index contributed by atoms with van der Waals surface area (Å²) in [5.74, 6) is -0.617. The van der Waals surface area contributed by atoms with E-state index in [4.69, 9.17) is 8.83 Å². The van der Waals surface area contributed by atoms with Gasteiger partial charge in [0.15, 0.2) is 5.58 Å². The summed E-state index contributed by atoms with van der Waals surface area (Å²) < 4.78 is 53.7. The van der Waals surface area contributed by atoms with Crippen molar-refractivity contribution in [2.45, 2.75) is 0 Å². The largest absolute Gasteiger partial charge is 0.455 e. The van der Waals surface area contributed by atoms with Crippen LogP contribution < -0.4 is 15.2 Å². The van der Waals surface area contributed by atoms with Gasteiger partial charge in [-0.1, -0.05) is 12.1 Å². The van der Waals surface area contributed by atoms with Crippen LogP contribution in [0.3, 0.4) is 0 Å². The van der Waals surface area contributed by atoms with Gasteiger partial charge in [0, 0.05) is 55.5 Å². The summed E-state index contributed by atoms with van der Waals surface area (Å²) in [4.78, 5) is 30.9. The molecule has 43 heavy (non-hydrogen) atoms. The van der Waals surface area contributed by atoms with E-state index in [1.54, 1.807) is 49.6 Å². The standard InChI is InChI=1S/C31H25FN4O6S/c1-33-29(37)27-21-14-20(18-13-22(31(38)35(2)16-18)30-34-23-7-5-6-8-25(23)42-30)24(36(3)43(4,39)40)15-26(21)41-28(27)17-9-11-19(32)12-10-17/h5-16H,1-4H3,(H,33,37). The number of rotatable bonds is 6. The monoisotopic (exact) mass is 600 g/mol. The fourth-order valence-corrected chi connectivity index (χ4v) is 5.47. The molecule has 0 aliphatic rings. The van der Waals surface area contributed by atoms with E-state index in [1.807, 2.05) is 0 Å². The first-order chi connectivity index (χ1) is 20.5. The second kappa shape index (κ2) is 10.2. The van der Waals surface area contributed by atoms with Gasteiger partial charge in [-0.2, -0.15) is 0 Å². The van der Waals surface area contributed by atoms with Gasteiger partial charge in [-0.25, -0.2) is 17.8 Å². The molecule has 0 atom stereocenters. The van der Waals surface area contributed by atoms with Gasteiger partial charge >= 0.3 is 0 Å². The van der Waals surface area contributed by atoms with Crippen LogP contribution in [0.1, 0.15) is 10.4 Å². The van der Waals surface area contributed by atoms with Crippen molar-refractivity contribution in [2.75, 3.05) is 24.7 Å². The second-order valence-electron chi connectivity index (χ2n) is 10.0. The summed E-state index contributed by atoms with van der Waals surface area (Å²) in [5, 5.41) is 3.00. The SMILES string of the molecule is CNC(=O)c1c(-c2ccc(F)cc2)oc2cc(N(C)S(C)(=O)=O)c(-c3cc(-c4nc5ccccc5o4)c(=O)n(C)c3)cc12. The molecule has 0 fully saturated rings. The van der Waals surface area contributed by atoms with Gasteiger partial charge in [0.05, 0.1) is 17.5 Å². The molecule has 6 aromatic rings. The van der Waals surface area contributed by atoms with E-state index in [9.17, 15) is 22.4 Å². The quantitative estimate of drug-likeness (QED) is 0.279. The van der Waals surface area contributed by atoms with Crippen molar-refractivity contribution >= 4 is 43.7 Å². The number of fused-ring (bicyclic) bond motifs is 2. The summed E-state index contributed by atoms with van der Waals surface area (Å²) in [7, 11) is 0.674. The third-order valence-corrected chi connectivity index (χ3v) is 8.41. The molecule has 0 spiro atoms. The van der Waals surface area contributed by atoms with Crippen molar-refractivity contribution in [2.24, 2.45) is 7.05 Å². The van der Waals surface area contributed by atoms with Crippen molar-refractivity contribution in [3.05, 3.63) is 94.7 Å². The number of carbonyl (C=O) groups is 1. The molecule has 218 valence electrons. The number of aryl methyl sites for hydroxylation is 1. The van der Waals surface area contributed by atoms with Gasteiger partial charge in [-0.3, -0.25) is 13.9 Å². The molecule has 1 N–H and O–H groups in total. The van der Waals surface area contributed by atoms with E-state index in [-0.39, 0.29) is 39.6 Å². The van der Waals surface area contributed by atoms with Gasteiger partial charge < -0.3 is 18.7 Å². The lowest BCUT2D eigenvalue weighted by molar-refractivity contribution is 0.0964. The van der Waals surface area contributed by atoms with Crippen LogP contribution in [0.2, 0.25) is 0 Å². The number of halogens is 1. The third kappa shape index (κ3) is 4.85. The van der Waals surface area contributed by atoms with Gasteiger partial charge in [0.2, 0.25) is 15.9 Å². The van der Waals surface area contributed by atoms with Crippen molar-refractivity contribution in [1.29, 1.82) is 0 Å². The summed E-state index contributed by atoms with van der Waals surface area (Å²) in [6.07, 6.45) is 2.63. The Morgan fingerprint density at radius 3 is 2.37 bits per heavy atom. The molecule has 0 saturated heterocycles. The molecule has 0 aliphatic carbocycles. The van der Waals surface area contributed by atoms with Crippen LogP contribution in [0.4, 0.5) is 10.1 Å². The van der Waals surface area contributed by atoms with E-state index < -0.39 is 21.7 Å². The molecular formula is C31H25FN4O6S. The number of hydrogen-bond acceptors (Lipinski definition) is 7. The Bertz CT molecular complexity index is 2200. The molecule has 0 saturated carbocycles. The van der Waals surface area contributed by atoms with E-state index in [1.165, 1.54) is 49.0 Å². The van der Waals surface area contributed by atoms with Crippen LogP contribution in [-0.4, -0.2) is 44.2 Å². The molecule has 0 bridgehead atoms. The summed E-state index contributed by atoms with van der Waals surface area (Å²) in [5.41, 5.74) is 2.83. The van der Waals surface area contributed by atoms with Crippen molar-refractivity contribution in [1.82, 2.24) is 14.9 Å². The predicted molar refractivity (Wildman–Crippen MR) is 162 cm³/mol. The van der Waals surface area contributed by atoms with E-state index >= 15 is 0 Å². The Kier molecular flexibility index (Phi) is 6.65. The average molecular weight is 601 g/mol. The number of aromatic nitrogens is 2. The Hall–Kier alpha value is -5.23. The number of pyridine rings is 1. The lowest BCUT2D eigenvalue weighted by atomic mass is 9.98. The Morgan fingerprint density at radius 1 is 0.977 bits per heavy atom. The summed E-state index contributed by atoms with van der Waals surface area (Å²) in [6, 6.07) is 17.3. The van der Waals surface area contributed by atoms with E-state index in [0.717, 1.165) is 10.6 Å². The zero-order chi connectivity index (χ0) is 30.6. The highest BCUT2D eigenvalue weighted by atomic mass is 32.2. The minimum absolute atomic E-state index is 0.107. The van der Waals surface area contributed by atoms with Crippen LogP contribution in [0.25, 0.3) is 56.0 Å². The number of nitrogens with one attached hydrogen (secondary N) is 1. The number of nitrogens with zero attached hydrogens (tertiary/aromatic N) is 3. The van der Waals surface area contributed by atoms with Gasteiger partial charge in [-0.15, -0.1) is 0 Å². The van der Waals surface area contributed by atoms with Crippen molar-refractivity contribution in [3.8, 4) is 33.9 Å². The van der Waals surface area contributed by atoms with Crippen LogP contribution in [0, 0.1) is 5.82 Å². The van der Waals surface area contributed by atoms with Gasteiger partial charge in [-0.05, 0) is 48.5 Å². The normalized spacial score (nSPS) is 11.7. The zero-order valence-electron chi connectivity index (χ0n) is 23.5. The minimum Gasteiger partial charge on any atom is -0.455 e. The van der Waals surface area contributed by atoms with Crippen LogP contribution in [-0.2, 0) is 17.1 Å². The maximum Gasteiger partial charge on any atom is 0.263 e. The smallest absolute Gasteiger partial charge is 0.263 e. The molecule has 3 aromatic carbocycles. The highest BCUT2D eigenvalue weighted by Crippen LogP contribution is 2.41. The number of oxazole rings is 1. The van der Waals surface area contributed by atoms with Crippen LogP contribution in [0.5, 0.6) is 0 Å². The van der Waals surface area contributed by atoms with Crippen LogP contribution in [0.15, 0.2) is 86.6 Å². The molecule has 0 radical (unpaired) electrons. The topological polar surface area (TPSA) is 128 Å². The molecular weight excluding hydrogens is 575 g/mol. The summed E-state index contributed by atoms with van der Waals surface area (Å²) >= 11 is 0. The van der Waals surface area contributed by atoms with Crippen LogP contribution >= 0.6 is 0 Å². The highest BCUT2D eigenvalue weighted by molar-refractivity contribution is 7.92. The van der Waals surface area contributed by atoms with Crippen molar-refractivity contribution < 1.29 is 26.4 Å². The zero-order valence-corrected chi connectivity index (χ0v) is 24.3. The minimum atomic E-state index is -3.76. The second-order valence-corrected chi connectivity index (χ2v) is 12.0. The van der Waals surface area contributed by atoms with E-state index in [2.05, 4.69) is 10.3 Å². The summed E-state index contributed by atoms with van der Waals surface area (Å²) in [6.45, 7) is 0. The fraction of sp³-hybridized carbons (Fsp3) is 0.129. The maximum absolute atomic E-state index is 13.7. The lowest BCUT2D eigenvalue weighted by Gasteiger charge is -2.21. The van der Waals surface area contributed by atoms with Crippen molar-refractivity contribution in [3.63, 3.8) is 0 Å². The number of furan rings is 1. The number of sulfonamides is 1. The molecule has 6 rings (SSSR count). The first kappa shape index (κ1) is 27.9. The van der Waals surface area contributed by atoms with E-state index in [0.29, 0.717) is 33.2 Å². The molecule has 3 heterocycles. The number of anilines is 1. The molecule has 0 unspecified atom stereocenters. The number of hydrogen-bond donors (Lipinski definition) is 1. The van der Waals surface area contributed by atoms with Gasteiger partial charge in [0.25, 0.3) is 11.5 Å². The Balaban J connectivity index is 1.66. The third-order valence-electron chi connectivity index (χ3n) is 7.22. The maximum atomic E-state index is 13.7. The number of benzene rings is 3. The predicted octanol–water partition coefficient (Wildman–Crippen LogP) is 5.17. The Labute approximate surface area is 245 Å². The fourth-order valence-electron chi connectivity index (χ4n) is 4.96. The molecule has 1 amide bonds. The lowest BCUT2D eigenvalue weighted by Crippen LogP contribution is -2.25. The highest BCUT2D eigenvalue weighted by Gasteiger charge is 2.27. The molecule has 3 aromatic heterocycles. The first-order valence-corrected chi connectivity index (χ1v) is 14.9.